The molecule has 0 atom stereocenters. The van der Waals surface area contributed by atoms with Gasteiger partial charge in [0.05, 0.1) is 6.33 Å². The monoisotopic (exact) mass is 642 g/mol. The van der Waals surface area contributed by atoms with Crippen LogP contribution in [-0.2, 0) is 25.6 Å². The van der Waals surface area contributed by atoms with Gasteiger partial charge in [0.1, 0.15) is 25.5 Å². The highest BCUT2D eigenvalue weighted by Gasteiger charge is 2.25. The molecule has 15 heteroatoms. The normalized spacial score (nSPS) is 11.1. The number of aromatic nitrogens is 4. The van der Waals surface area contributed by atoms with Crippen LogP contribution in [0, 0.1) is 25.2 Å². The summed E-state index contributed by atoms with van der Waals surface area (Å²) in [5.41, 5.74) is 2.59. The molecule has 15 nitrogen and oxygen atoms in total. The smallest absolute Gasteiger partial charge is 0.414 e. The first kappa shape index (κ1) is 33.8. The van der Waals surface area contributed by atoms with Crippen molar-refractivity contribution in [2.24, 2.45) is 0 Å². The molecule has 2 heterocycles. The Hall–Kier alpha value is -6.04. The van der Waals surface area contributed by atoms with Crippen molar-refractivity contribution in [2.75, 3.05) is 25.0 Å². The predicted molar refractivity (Wildman–Crippen MR) is 168 cm³/mol. The van der Waals surface area contributed by atoms with Gasteiger partial charge in [0.2, 0.25) is 5.91 Å². The van der Waals surface area contributed by atoms with Gasteiger partial charge in [-0.05, 0) is 38.8 Å². The maximum absolute atomic E-state index is 13.2. The average Bonchev–Trinajstić information content (AvgIpc) is 3.43. The zero-order valence-corrected chi connectivity index (χ0v) is 26.3. The van der Waals surface area contributed by atoms with E-state index in [-0.39, 0.29) is 36.6 Å². The van der Waals surface area contributed by atoms with Crippen molar-refractivity contribution < 1.29 is 33.8 Å². The molecule has 2 aromatic carbocycles. The largest absolute Gasteiger partial charge is 0.480 e. The van der Waals surface area contributed by atoms with Crippen molar-refractivity contribution in [3.8, 4) is 6.07 Å². The standard InChI is InChI=1S/C32H34N8O7/c1-20-5-9-22(10-6-20)27(23-11-7-21(2)8-12-23)46-30(44)34-13-14-39(16-25(42)43)24(41)15-40-19-37-26-28(35-18-36-29(26)40)38-31(45)47-32(3,4)17-33/h5-12,18-19,27H,13-16H2,1-4H3,(H,34,44)(H,42,43)(H,35,36,38,45). The van der Waals surface area contributed by atoms with Gasteiger partial charge in [-0.15, -0.1) is 0 Å². The van der Waals surface area contributed by atoms with Crippen LogP contribution in [0.4, 0.5) is 15.4 Å². The molecular formula is C32H34N8O7. The van der Waals surface area contributed by atoms with Gasteiger partial charge in [0.15, 0.2) is 28.7 Å². The number of nitrogens with zero attached hydrogens (tertiary/aromatic N) is 6. The summed E-state index contributed by atoms with van der Waals surface area (Å²) in [6.45, 7) is 5.55. The van der Waals surface area contributed by atoms with Crippen LogP contribution in [0.25, 0.3) is 11.2 Å². The number of aliphatic carboxylic acids is 1. The van der Waals surface area contributed by atoms with Crippen LogP contribution in [0.2, 0.25) is 0 Å². The molecule has 0 saturated carbocycles. The minimum absolute atomic E-state index is 0.0142. The number of benzene rings is 2. The van der Waals surface area contributed by atoms with Crippen molar-refractivity contribution >= 4 is 41.0 Å². The van der Waals surface area contributed by atoms with Crippen LogP contribution in [0.15, 0.2) is 61.2 Å². The Morgan fingerprint density at radius 1 is 0.979 bits per heavy atom. The fourth-order valence-electron chi connectivity index (χ4n) is 4.42. The van der Waals surface area contributed by atoms with E-state index in [1.165, 1.54) is 24.7 Å². The summed E-state index contributed by atoms with van der Waals surface area (Å²) in [6.07, 6.45) is 0.0557. The van der Waals surface area contributed by atoms with E-state index in [2.05, 4.69) is 25.6 Å². The third-order valence-corrected chi connectivity index (χ3v) is 6.86. The highest BCUT2D eigenvalue weighted by molar-refractivity contribution is 5.94. The molecule has 0 spiro atoms. The van der Waals surface area contributed by atoms with Crippen molar-refractivity contribution in [1.29, 1.82) is 5.26 Å². The van der Waals surface area contributed by atoms with Crippen LogP contribution in [0.3, 0.4) is 0 Å². The van der Waals surface area contributed by atoms with E-state index in [1.807, 2.05) is 68.4 Å². The number of carboxylic acid groups (broad SMARTS) is 1. The van der Waals surface area contributed by atoms with E-state index >= 15 is 0 Å². The quantitative estimate of drug-likeness (QED) is 0.203. The second kappa shape index (κ2) is 14.8. The maximum Gasteiger partial charge on any atom is 0.414 e. The van der Waals surface area contributed by atoms with E-state index in [1.54, 1.807) is 0 Å². The molecule has 0 bridgehead atoms. The number of rotatable bonds is 12. The van der Waals surface area contributed by atoms with Gasteiger partial charge >= 0.3 is 18.2 Å². The SMILES string of the molecule is Cc1ccc(C(OC(=O)NCCN(CC(=O)O)C(=O)Cn2cnc3c(NC(=O)OC(C)(C)C#N)ncnc32)c2ccc(C)cc2)cc1. The number of aryl methyl sites for hydroxylation is 2. The highest BCUT2D eigenvalue weighted by atomic mass is 16.6. The van der Waals surface area contributed by atoms with Crippen molar-refractivity contribution in [2.45, 2.75) is 45.9 Å². The van der Waals surface area contributed by atoms with Gasteiger partial charge in [-0.1, -0.05) is 59.7 Å². The van der Waals surface area contributed by atoms with Gasteiger partial charge in [0.25, 0.3) is 0 Å². The summed E-state index contributed by atoms with van der Waals surface area (Å²) < 4.78 is 12.2. The lowest BCUT2D eigenvalue weighted by Crippen LogP contribution is -2.43. The number of nitriles is 1. The minimum Gasteiger partial charge on any atom is -0.480 e. The van der Waals surface area contributed by atoms with E-state index < -0.39 is 42.3 Å². The van der Waals surface area contributed by atoms with Gasteiger partial charge in [-0.2, -0.15) is 5.26 Å². The second-order valence-electron chi connectivity index (χ2n) is 11.1. The van der Waals surface area contributed by atoms with Gasteiger partial charge in [-0.3, -0.25) is 14.9 Å². The van der Waals surface area contributed by atoms with Crippen molar-refractivity contribution in [3.63, 3.8) is 0 Å². The van der Waals surface area contributed by atoms with Crippen LogP contribution in [0.1, 0.15) is 42.2 Å². The molecule has 0 radical (unpaired) electrons. The first-order valence-electron chi connectivity index (χ1n) is 14.5. The van der Waals surface area contributed by atoms with Crippen LogP contribution in [-0.4, -0.2) is 78.8 Å². The van der Waals surface area contributed by atoms with Crippen LogP contribution >= 0.6 is 0 Å². The summed E-state index contributed by atoms with van der Waals surface area (Å²) >= 11 is 0. The summed E-state index contributed by atoms with van der Waals surface area (Å²) in [5.74, 6) is -1.86. The number of anilines is 1. The van der Waals surface area contributed by atoms with Gasteiger partial charge in [-0.25, -0.2) is 24.5 Å². The van der Waals surface area contributed by atoms with Crippen LogP contribution < -0.4 is 10.6 Å². The number of carbonyl (C=O) groups is 4. The Balaban J connectivity index is 1.40. The fourth-order valence-corrected chi connectivity index (χ4v) is 4.42. The molecule has 47 heavy (non-hydrogen) atoms. The second-order valence-corrected chi connectivity index (χ2v) is 11.1. The lowest BCUT2D eigenvalue weighted by atomic mass is 9.99. The summed E-state index contributed by atoms with van der Waals surface area (Å²) in [4.78, 5) is 63.3. The number of hydrogen-bond donors (Lipinski definition) is 3. The number of amides is 3. The lowest BCUT2D eigenvalue weighted by molar-refractivity contribution is -0.144. The Bertz CT molecular complexity index is 1750. The highest BCUT2D eigenvalue weighted by Crippen LogP contribution is 2.27. The van der Waals surface area contributed by atoms with Crippen molar-refractivity contribution in [3.05, 3.63) is 83.4 Å². The Kier molecular flexibility index (Phi) is 10.7. The van der Waals surface area contributed by atoms with E-state index in [0.717, 1.165) is 33.5 Å². The zero-order valence-electron chi connectivity index (χ0n) is 26.3. The van der Waals surface area contributed by atoms with E-state index in [4.69, 9.17) is 14.7 Å². The molecule has 0 saturated heterocycles. The topological polar surface area (TPSA) is 202 Å². The Morgan fingerprint density at radius 3 is 2.17 bits per heavy atom. The first-order valence-corrected chi connectivity index (χ1v) is 14.5. The van der Waals surface area contributed by atoms with Gasteiger partial charge < -0.3 is 29.4 Å². The molecule has 3 amide bonds. The molecule has 2 aromatic heterocycles. The third-order valence-electron chi connectivity index (χ3n) is 6.86. The molecule has 244 valence electrons. The average molecular weight is 643 g/mol. The Morgan fingerprint density at radius 2 is 1.60 bits per heavy atom. The number of carbonyl (C=O) groups excluding carboxylic acids is 3. The number of hydrogen-bond acceptors (Lipinski definition) is 10. The summed E-state index contributed by atoms with van der Waals surface area (Å²) in [5, 5.41) is 23.6. The molecule has 0 aliphatic heterocycles. The molecule has 0 fully saturated rings. The number of imidazole rings is 1. The van der Waals surface area contributed by atoms with E-state index in [9.17, 15) is 24.3 Å². The van der Waals surface area contributed by atoms with Crippen molar-refractivity contribution in [1.82, 2.24) is 29.7 Å². The summed E-state index contributed by atoms with van der Waals surface area (Å²) in [6, 6.07) is 17.1. The maximum atomic E-state index is 13.2. The first-order chi connectivity index (χ1) is 22.3. The van der Waals surface area contributed by atoms with Crippen LogP contribution in [0.5, 0.6) is 0 Å². The Labute approximate surface area is 270 Å². The number of carboxylic acids is 1. The molecule has 3 N–H and O–H groups in total. The number of fused-ring (bicyclic) bond motifs is 1. The number of alkyl carbamates (subject to hydrolysis) is 1. The number of ether oxygens (including phenoxy) is 2. The minimum atomic E-state index is -1.38. The molecule has 0 aliphatic rings. The molecule has 0 unspecified atom stereocenters. The molecular weight excluding hydrogens is 608 g/mol. The van der Waals surface area contributed by atoms with Gasteiger partial charge in [0, 0.05) is 13.1 Å². The molecule has 4 aromatic rings. The third kappa shape index (κ3) is 9.24. The zero-order chi connectivity index (χ0) is 34.1. The fraction of sp³-hybridized carbons (Fsp3) is 0.312. The number of nitrogens with one attached hydrogen (secondary N) is 2. The molecule has 0 aliphatic carbocycles. The van der Waals surface area contributed by atoms with E-state index in [0.29, 0.717) is 0 Å². The predicted octanol–water partition coefficient (Wildman–Crippen LogP) is 3.72. The lowest BCUT2D eigenvalue weighted by Gasteiger charge is -2.22. The summed E-state index contributed by atoms with van der Waals surface area (Å²) in [7, 11) is 0. The molecule has 4 rings (SSSR count).